The first-order chi connectivity index (χ1) is 13.0. The van der Waals surface area contributed by atoms with Crippen LogP contribution in [-0.4, -0.2) is 13.1 Å². The van der Waals surface area contributed by atoms with Crippen LogP contribution in [0.3, 0.4) is 0 Å². The van der Waals surface area contributed by atoms with Crippen molar-refractivity contribution in [1.82, 2.24) is 0 Å². The van der Waals surface area contributed by atoms with E-state index in [4.69, 9.17) is 9.47 Å². The van der Waals surface area contributed by atoms with Crippen LogP contribution in [0.1, 0.15) is 59.6 Å². The summed E-state index contributed by atoms with van der Waals surface area (Å²) in [6, 6.07) is 12.6. The molecule has 0 bridgehead atoms. The van der Waals surface area contributed by atoms with Gasteiger partial charge in [0.1, 0.15) is 11.9 Å². The Morgan fingerprint density at radius 1 is 1.15 bits per heavy atom. The van der Waals surface area contributed by atoms with Gasteiger partial charge >= 0.3 is 5.97 Å². The molecule has 0 aliphatic heterocycles. The molecule has 0 N–H and O–H groups in total. The second-order valence-corrected chi connectivity index (χ2v) is 7.79. The minimum Gasteiger partial charge on any atom is -0.486 e. The topological polar surface area (TPSA) is 35.5 Å². The third-order valence-electron chi connectivity index (χ3n) is 5.91. The van der Waals surface area contributed by atoms with Gasteiger partial charge in [0.05, 0.1) is 13.0 Å². The second-order valence-electron chi connectivity index (χ2n) is 7.79. The Morgan fingerprint density at radius 3 is 2.56 bits per heavy atom. The third kappa shape index (κ3) is 3.27. The fourth-order valence-corrected chi connectivity index (χ4v) is 4.32. The van der Waals surface area contributed by atoms with Crippen LogP contribution in [0.2, 0.25) is 0 Å². The molecule has 2 aliphatic rings. The summed E-state index contributed by atoms with van der Waals surface area (Å²) in [4.78, 5) is 11.6. The fraction of sp³-hybridized carbons (Fsp3) is 0.375. The van der Waals surface area contributed by atoms with Crippen LogP contribution < -0.4 is 4.74 Å². The molecule has 0 radical (unpaired) electrons. The van der Waals surface area contributed by atoms with E-state index in [2.05, 4.69) is 44.7 Å². The summed E-state index contributed by atoms with van der Waals surface area (Å²) in [6.45, 7) is 8.38. The zero-order chi connectivity index (χ0) is 19.1. The molecule has 0 heterocycles. The van der Waals surface area contributed by atoms with Crippen LogP contribution in [0.15, 0.2) is 43.0 Å². The van der Waals surface area contributed by atoms with Gasteiger partial charge in [0.2, 0.25) is 0 Å². The van der Waals surface area contributed by atoms with Crippen LogP contribution >= 0.6 is 0 Å². The second kappa shape index (κ2) is 6.88. The summed E-state index contributed by atoms with van der Waals surface area (Å²) in [5.74, 6) is 1.08. The highest BCUT2D eigenvalue weighted by Crippen LogP contribution is 2.48. The van der Waals surface area contributed by atoms with Gasteiger partial charge in [-0.3, -0.25) is 4.79 Å². The van der Waals surface area contributed by atoms with Crippen molar-refractivity contribution < 1.29 is 14.3 Å². The van der Waals surface area contributed by atoms with Crippen molar-refractivity contribution in [3.63, 3.8) is 0 Å². The monoisotopic (exact) mass is 362 g/mol. The maximum atomic E-state index is 11.6. The molecule has 3 unspecified atom stereocenters. The third-order valence-corrected chi connectivity index (χ3v) is 5.91. The van der Waals surface area contributed by atoms with Crippen molar-refractivity contribution in [3.8, 4) is 5.75 Å². The first kappa shape index (κ1) is 17.8. The van der Waals surface area contributed by atoms with E-state index in [1.165, 1.54) is 34.9 Å². The molecule has 0 aromatic heterocycles. The minimum atomic E-state index is -0.106. The summed E-state index contributed by atoms with van der Waals surface area (Å²) in [7, 11) is 1.45. The first-order valence-corrected chi connectivity index (χ1v) is 9.62. The molecule has 2 aromatic rings. The molecule has 140 valence electrons. The van der Waals surface area contributed by atoms with Crippen LogP contribution in [0.4, 0.5) is 0 Å². The van der Waals surface area contributed by atoms with Gasteiger partial charge in [0.15, 0.2) is 0 Å². The molecule has 3 nitrogen and oxygen atoms in total. The lowest BCUT2D eigenvalue weighted by molar-refractivity contribution is -0.142. The number of methoxy groups -OCH3 is 1. The number of benzene rings is 2. The van der Waals surface area contributed by atoms with Gasteiger partial charge in [-0.05, 0) is 73.4 Å². The van der Waals surface area contributed by atoms with Gasteiger partial charge in [-0.25, -0.2) is 0 Å². The van der Waals surface area contributed by atoms with E-state index >= 15 is 0 Å². The highest BCUT2D eigenvalue weighted by molar-refractivity contribution is 5.77. The highest BCUT2D eigenvalue weighted by Gasteiger charge is 2.44. The Morgan fingerprint density at radius 2 is 1.89 bits per heavy atom. The predicted molar refractivity (Wildman–Crippen MR) is 107 cm³/mol. The predicted octanol–water partition coefficient (Wildman–Crippen LogP) is 5.37. The van der Waals surface area contributed by atoms with Crippen molar-refractivity contribution >= 4 is 11.5 Å². The number of ether oxygens (including phenoxy) is 2. The van der Waals surface area contributed by atoms with Crippen LogP contribution in [0.5, 0.6) is 5.75 Å². The van der Waals surface area contributed by atoms with Gasteiger partial charge in [-0.2, -0.15) is 0 Å². The highest BCUT2D eigenvalue weighted by atomic mass is 16.5. The number of fused-ring (bicyclic) bond motifs is 1. The maximum absolute atomic E-state index is 11.6. The lowest BCUT2D eigenvalue weighted by Crippen LogP contribution is -2.07. The summed E-state index contributed by atoms with van der Waals surface area (Å²) < 4.78 is 11.2. The molecule has 1 fully saturated rings. The van der Waals surface area contributed by atoms with Crippen molar-refractivity contribution in [2.24, 2.45) is 5.92 Å². The molecular formula is C24H26O3. The molecule has 3 heteroatoms. The quantitative estimate of drug-likeness (QED) is 0.671. The smallest absolute Gasteiger partial charge is 0.309 e. The average Bonchev–Trinajstić information content (AvgIpc) is 3.36. The Hall–Kier alpha value is -2.55. The standard InChI is InChI=1S/C24H26O3/c1-14(2)18-10-5-15(3)19-11-12-22(23(18)19)27-17-8-6-16(7-9-17)20-13-21(20)24(25)26-4/h5-10,20-22H,1,11-13H2,2-4H3. The van der Waals surface area contributed by atoms with Gasteiger partial charge < -0.3 is 9.47 Å². The normalized spacial score (nSPS) is 22.9. The fourth-order valence-electron chi connectivity index (χ4n) is 4.32. The van der Waals surface area contributed by atoms with E-state index < -0.39 is 0 Å². The van der Waals surface area contributed by atoms with Crippen LogP contribution in [-0.2, 0) is 16.0 Å². The molecule has 27 heavy (non-hydrogen) atoms. The molecule has 1 saturated carbocycles. The van der Waals surface area contributed by atoms with E-state index in [9.17, 15) is 4.79 Å². The molecule has 0 spiro atoms. The Kier molecular flexibility index (Phi) is 4.55. The number of rotatable bonds is 5. The number of allylic oxidation sites excluding steroid dienone is 1. The van der Waals surface area contributed by atoms with Crippen molar-refractivity contribution in [2.75, 3.05) is 7.11 Å². The molecule has 0 saturated heterocycles. The maximum Gasteiger partial charge on any atom is 0.309 e. The molecular weight excluding hydrogens is 336 g/mol. The van der Waals surface area contributed by atoms with E-state index in [1.807, 2.05) is 12.1 Å². The zero-order valence-electron chi connectivity index (χ0n) is 16.2. The number of carbonyl (C=O) groups excluding carboxylic acids is 1. The minimum absolute atomic E-state index is 0.0181. The van der Waals surface area contributed by atoms with Crippen LogP contribution in [0, 0.1) is 12.8 Å². The van der Waals surface area contributed by atoms with Gasteiger partial charge in [0, 0.05) is 5.56 Å². The SMILES string of the molecule is C=C(C)c1ccc(C)c2c1C(Oc1ccc(C3CC3C(=O)OC)cc1)CC2. The number of aryl methyl sites for hydroxylation is 1. The number of esters is 1. The van der Waals surface area contributed by atoms with E-state index in [0.29, 0.717) is 0 Å². The van der Waals surface area contributed by atoms with E-state index in [-0.39, 0.29) is 23.9 Å². The summed E-state index contributed by atoms with van der Waals surface area (Å²) in [6.07, 6.45) is 2.99. The molecule has 3 atom stereocenters. The molecule has 2 aromatic carbocycles. The van der Waals surface area contributed by atoms with Gasteiger partial charge in [0.25, 0.3) is 0 Å². The van der Waals surface area contributed by atoms with Crippen molar-refractivity contribution in [3.05, 3.63) is 70.8 Å². The summed E-state index contributed by atoms with van der Waals surface area (Å²) in [5, 5.41) is 0. The van der Waals surface area contributed by atoms with Crippen molar-refractivity contribution in [1.29, 1.82) is 0 Å². The van der Waals surface area contributed by atoms with Gasteiger partial charge in [-0.1, -0.05) is 36.4 Å². The molecule has 0 amide bonds. The molecule has 2 aliphatic carbocycles. The van der Waals surface area contributed by atoms with Gasteiger partial charge in [-0.15, -0.1) is 0 Å². The van der Waals surface area contributed by atoms with Crippen LogP contribution in [0.25, 0.3) is 5.57 Å². The summed E-state index contributed by atoms with van der Waals surface area (Å²) in [5.41, 5.74) is 7.53. The largest absolute Gasteiger partial charge is 0.486 e. The number of hydrogen-bond acceptors (Lipinski definition) is 3. The number of carbonyl (C=O) groups is 1. The lowest BCUT2D eigenvalue weighted by Gasteiger charge is -2.19. The van der Waals surface area contributed by atoms with Crippen molar-refractivity contribution in [2.45, 2.75) is 45.1 Å². The summed E-state index contributed by atoms with van der Waals surface area (Å²) >= 11 is 0. The Bertz CT molecular complexity index is 895. The average molecular weight is 362 g/mol. The van der Waals surface area contributed by atoms with E-state index in [1.54, 1.807) is 0 Å². The lowest BCUT2D eigenvalue weighted by atomic mass is 9.94. The van der Waals surface area contributed by atoms with E-state index in [0.717, 1.165) is 30.6 Å². The zero-order valence-corrected chi connectivity index (χ0v) is 16.2. The first-order valence-electron chi connectivity index (χ1n) is 9.62. The molecule has 4 rings (SSSR count). The Balaban J connectivity index is 1.52. The Labute approximate surface area is 161 Å². The number of hydrogen-bond donors (Lipinski definition) is 0.